The SMILES string of the molecule is COC1CCCC(N2CCNC3(CCCCC3)C2)C1. The molecule has 0 aromatic heterocycles. The molecule has 2 unspecified atom stereocenters. The summed E-state index contributed by atoms with van der Waals surface area (Å²) >= 11 is 0. The Kier molecular flexibility index (Phi) is 4.45. The Morgan fingerprint density at radius 2 is 1.95 bits per heavy atom. The summed E-state index contributed by atoms with van der Waals surface area (Å²) in [7, 11) is 1.88. The van der Waals surface area contributed by atoms with E-state index >= 15 is 0 Å². The van der Waals surface area contributed by atoms with Gasteiger partial charge in [0.05, 0.1) is 6.10 Å². The van der Waals surface area contributed by atoms with E-state index in [9.17, 15) is 0 Å². The highest BCUT2D eigenvalue weighted by atomic mass is 16.5. The van der Waals surface area contributed by atoms with Crippen molar-refractivity contribution < 1.29 is 4.74 Å². The zero-order chi connectivity index (χ0) is 13.1. The molecule has 0 amide bonds. The third-order valence-electron chi connectivity index (χ3n) is 5.66. The average Bonchev–Trinajstić information content (AvgIpc) is 2.48. The van der Waals surface area contributed by atoms with Crippen LogP contribution in [0.5, 0.6) is 0 Å². The van der Waals surface area contributed by atoms with Crippen molar-refractivity contribution in [2.75, 3.05) is 26.7 Å². The fourth-order valence-electron chi connectivity index (χ4n) is 4.53. The largest absolute Gasteiger partial charge is 0.381 e. The number of hydrogen-bond donors (Lipinski definition) is 1. The lowest BCUT2D eigenvalue weighted by Crippen LogP contribution is -2.63. The zero-order valence-corrected chi connectivity index (χ0v) is 12.5. The van der Waals surface area contributed by atoms with Crippen molar-refractivity contribution in [3.05, 3.63) is 0 Å². The lowest BCUT2D eigenvalue weighted by molar-refractivity contribution is 0.00232. The molecule has 2 atom stereocenters. The van der Waals surface area contributed by atoms with Crippen LogP contribution in [0.2, 0.25) is 0 Å². The average molecular weight is 266 g/mol. The van der Waals surface area contributed by atoms with Crippen LogP contribution in [0.4, 0.5) is 0 Å². The normalized spacial score (nSPS) is 36.5. The van der Waals surface area contributed by atoms with Crippen LogP contribution in [0.3, 0.4) is 0 Å². The molecular formula is C16H30N2O. The fourth-order valence-corrected chi connectivity index (χ4v) is 4.53. The molecule has 1 N–H and O–H groups in total. The van der Waals surface area contributed by atoms with Crippen LogP contribution in [0.1, 0.15) is 57.8 Å². The number of rotatable bonds is 2. The lowest BCUT2D eigenvalue weighted by Gasteiger charge is -2.49. The van der Waals surface area contributed by atoms with Crippen molar-refractivity contribution in [2.45, 2.75) is 75.5 Å². The minimum absolute atomic E-state index is 0.455. The number of hydrogen-bond acceptors (Lipinski definition) is 3. The summed E-state index contributed by atoms with van der Waals surface area (Å²) in [4.78, 5) is 2.78. The molecule has 0 radical (unpaired) electrons. The van der Waals surface area contributed by atoms with E-state index in [1.165, 1.54) is 77.4 Å². The van der Waals surface area contributed by atoms with E-state index < -0.39 is 0 Å². The first-order valence-electron chi connectivity index (χ1n) is 8.33. The van der Waals surface area contributed by atoms with Gasteiger partial charge < -0.3 is 10.1 Å². The van der Waals surface area contributed by atoms with Gasteiger partial charge in [-0.1, -0.05) is 19.3 Å². The second-order valence-corrected chi connectivity index (χ2v) is 6.92. The first-order valence-corrected chi connectivity index (χ1v) is 8.33. The van der Waals surface area contributed by atoms with E-state index in [0.717, 1.165) is 6.04 Å². The first-order chi connectivity index (χ1) is 9.31. The summed E-state index contributed by atoms with van der Waals surface area (Å²) in [5, 5.41) is 3.86. The maximum Gasteiger partial charge on any atom is 0.0586 e. The Balaban J connectivity index is 1.61. The minimum Gasteiger partial charge on any atom is -0.381 e. The number of piperazine rings is 1. The molecule has 2 aliphatic carbocycles. The monoisotopic (exact) mass is 266 g/mol. The summed E-state index contributed by atoms with van der Waals surface area (Å²) < 4.78 is 5.61. The van der Waals surface area contributed by atoms with Gasteiger partial charge in [-0.2, -0.15) is 0 Å². The molecule has 0 bridgehead atoms. The molecule has 2 saturated carbocycles. The maximum absolute atomic E-state index is 5.61. The lowest BCUT2D eigenvalue weighted by atomic mass is 9.79. The summed E-state index contributed by atoms with van der Waals surface area (Å²) in [6.45, 7) is 3.71. The van der Waals surface area contributed by atoms with Crippen LogP contribution < -0.4 is 5.32 Å². The summed E-state index contributed by atoms with van der Waals surface area (Å²) in [6.07, 6.45) is 12.8. The van der Waals surface area contributed by atoms with E-state index in [2.05, 4.69) is 10.2 Å². The Bertz CT molecular complexity index is 283. The van der Waals surface area contributed by atoms with E-state index in [-0.39, 0.29) is 0 Å². The van der Waals surface area contributed by atoms with E-state index in [4.69, 9.17) is 4.74 Å². The quantitative estimate of drug-likeness (QED) is 0.831. The number of nitrogens with zero attached hydrogens (tertiary/aromatic N) is 1. The maximum atomic E-state index is 5.61. The predicted molar refractivity (Wildman–Crippen MR) is 78.4 cm³/mol. The Morgan fingerprint density at radius 3 is 2.74 bits per heavy atom. The molecule has 110 valence electrons. The van der Waals surface area contributed by atoms with Crippen molar-refractivity contribution in [1.82, 2.24) is 10.2 Å². The summed E-state index contributed by atoms with van der Waals surface area (Å²) in [6, 6.07) is 0.777. The van der Waals surface area contributed by atoms with Crippen LogP contribution in [0, 0.1) is 0 Å². The number of methoxy groups -OCH3 is 1. The topological polar surface area (TPSA) is 24.5 Å². The highest BCUT2D eigenvalue weighted by Gasteiger charge is 2.39. The Morgan fingerprint density at radius 1 is 1.11 bits per heavy atom. The third kappa shape index (κ3) is 3.14. The zero-order valence-electron chi connectivity index (χ0n) is 12.5. The molecule has 1 heterocycles. The molecule has 3 rings (SSSR count). The Labute approximate surface area is 118 Å². The molecule has 0 aromatic carbocycles. The van der Waals surface area contributed by atoms with E-state index in [1.807, 2.05) is 7.11 Å². The van der Waals surface area contributed by atoms with Gasteiger partial charge in [0.15, 0.2) is 0 Å². The second kappa shape index (κ2) is 6.11. The smallest absolute Gasteiger partial charge is 0.0586 e. The van der Waals surface area contributed by atoms with Crippen LogP contribution in [-0.2, 0) is 4.74 Å². The van der Waals surface area contributed by atoms with Crippen molar-refractivity contribution in [3.8, 4) is 0 Å². The molecular weight excluding hydrogens is 236 g/mol. The van der Waals surface area contributed by atoms with Gasteiger partial charge in [-0.25, -0.2) is 0 Å². The van der Waals surface area contributed by atoms with Crippen LogP contribution in [-0.4, -0.2) is 49.3 Å². The highest BCUT2D eigenvalue weighted by Crippen LogP contribution is 2.33. The van der Waals surface area contributed by atoms with Crippen LogP contribution in [0.15, 0.2) is 0 Å². The fraction of sp³-hybridized carbons (Fsp3) is 1.00. The van der Waals surface area contributed by atoms with E-state index in [1.54, 1.807) is 0 Å². The third-order valence-corrected chi connectivity index (χ3v) is 5.66. The standard InChI is InChI=1S/C16H30N2O/c1-19-15-7-5-6-14(12-15)18-11-10-17-16(13-18)8-3-2-4-9-16/h14-15,17H,2-13H2,1H3. The highest BCUT2D eigenvalue weighted by molar-refractivity contribution is 4.98. The molecule has 1 aliphatic heterocycles. The van der Waals surface area contributed by atoms with Crippen LogP contribution >= 0.6 is 0 Å². The molecule has 3 nitrogen and oxygen atoms in total. The molecule has 0 aromatic rings. The minimum atomic E-state index is 0.455. The van der Waals surface area contributed by atoms with Crippen molar-refractivity contribution in [2.24, 2.45) is 0 Å². The van der Waals surface area contributed by atoms with Crippen molar-refractivity contribution in [3.63, 3.8) is 0 Å². The Hall–Kier alpha value is -0.120. The van der Waals surface area contributed by atoms with Gasteiger partial charge in [0.2, 0.25) is 0 Å². The molecule has 3 aliphatic rings. The summed E-state index contributed by atoms with van der Waals surface area (Å²) in [5.74, 6) is 0. The number of ether oxygens (including phenoxy) is 1. The van der Waals surface area contributed by atoms with Gasteiger partial charge in [0.25, 0.3) is 0 Å². The van der Waals surface area contributed by atoms with Gasteiger partial charge >= 0.3 is 0 Å². The molecule has 3 fully saturated rings. The van der Waals surface area contributed by atoms with Crippen molar-refractivity contribution in [1.29, 1.82) is 0 Å². The number of nitrogens with one attached hydrogen (secondary N) is 1. The molecule has 1 saturated heterocycles. The van der Waals surface area contributed by atoms with Gasteiger partial charge in [-0.15, -0.1) is 0 Å². The molecule has 3 heteroatoms. The second-order valence-electron chi connectivity index (χ2n) is 6.92. The van der Waals surface area contributed by atoms with Crippen LogP contribution in [0.25, 0.3) is 0 Å². The van der Waals surface area contributed by atoms with E-state index in [0.29, 0.717) is 11.6 Å². The molecule has 1 spiro atoms. The predicted octanol–water partition coefficient (Wildman–Crippen LogP) is 2.55. The summed E-state index contributed by atoms with van der Waals surface area (Å²) in [5.41, 5.74) is 0.455. The first kappa shape index (κ1) is 13.8. The van der Waals surface area contributed by atoms with Crippen molar-refractivity contribution >= 4 is 0 Å². The molecule has 19 heavy (non-hydrogen) atoms. The van der Waals surface area contributed by atoms with Gasteiger partial charge in [-0.3, -0.25) is 4.90 Å². The van der Waals surface area contributed by atoms with Gasteiger partial charge in [0, 0.05) is 38.3 Å². The van der Waals surface area contributed by atoms with Gasteiger partial charge in [-0.05, 0) is 38.5 Å². The van der Waals surface area contributed by atoms with Gasteiger partial charge in [0.1, 0.15) is 0 Å².